The van der Waals surface area contributed by atoms with Crippen LogP contribution in [0.4, 0.5) is 0 Å². The van der Waals surface area contributed by atoms with Gasteiger partial charge in [-0.15, -0.1) is 0 Å². The molecule has 4 rings (SSSR count). The van der Waals surface area contributed by atoms with Crippen molar-refractivity contribution in [1.82, 2.24) is 14.7 Å². The molecule has 0 atom stereocenters. The van der Waals surface area contributed by atoms with Crippen LogP contribution in [0.25, 0.3) is 22.0 Å². The Balaban J connectivity index is 1.85. The largest absolute Gasteiger partial charge is 0.378 e. The molecule has 1 aliphatic rings. The Hall–Kier alpha value is -2.08. The molecule has 26 heavy (non-hydrogen) atoms. The minimum Gasteiger partial charge on any atom is -0.378 e. The average Bonchev–Trinajstić information content (AvgIpc) is 2.98. The third-order valence-corrected chi connectivity index (χ3v) is 5.13. The first-order valence-electron chi connectivity index (χ1n) is 8.34. The molecule has 0 bridgehead atoms. The van der Waals surface area contributed by atoms with Crippen LogP contribution >= 0.6 is 23.2 Å². The number of morpholine rings is 1. The van der Waals surface area contributed by atoms with Gasteiger partial charge in [-0.25, -0.2) is 0 Å². The fraction of sp³-hybridized carbons (Fsp3) is 0.263. The van der Waals surface area contributed by atoms with E-state index in [0.717, 1.165) is 22.0 Å². The SMILES string of the molecule is Cn1nc2c(-c3ccc(Cl)cc3Cl)cccc2c1C(=O)N1CCOCC1. The van der Waals surface area contributed by atoms with Gasteiger partial charge in [0.1, 0.15) is 11.2 Å². The molecule has 1 aliphatic heterocycles. The topological polar surface area (TPSA) is 47.4 Å². The third-order valence-electron chi connectivity index (χ3n) is 4.59. The first kappa shape index (κ1) is 17.3. The number of hydrogen-bond acceptors (Lipinski definition) is 3. The van der Waals surface area contributed by atoms with Crippen molar-refractivity contribution in [2.75, 3.05) is 26.3 Å². The normalized spacial score (nSPS) is 14.8. The zero-order chi connectivity index (χ0) is 18.3. The van der Waals surface area contributed by atoms with E-state index in [1.54, 1.807) is 23.9 Å². The quantitative estimate of drug-likeness (QED) is 0.664. The maximum atomic E-state index is 13.0. The van der Waals surface area contributed by atoms with Gasteiger partial charge in [0, 0.05) is 46.7 Å². The van der Waals surface area contributed by atoms with E-state index in [1.165, 1.54) is 0 Å². The van der Waals surface area contributed by atoms with Crippen molar-refractivity contribution < 1.29 is 9.53 Å². The number of aromatic nitrogens is 2. The first-order chi connectivity index (χ1) is 12.6. The van der Waals surface area contributed by atoms with E-state index in [4.69, 9.17) is 27.9 Å². The van der Waals surface area contributed by atoms with Gasteiger partial charge >= 0.3 is 0 Å². The number of aryl methyl sites for hydroxylation is 1. The van der Waals surface area contributed by atoms with Crippen molar-refractivity contribution >= 4 is 40.0 Å². The summed E-state index contributed by atoms with van der Waals surface area (Å²) < 4.78 is 6.99. The molecule has 7 heteroatoms. The van der Waals surface area contributed by atoms with Crippen LogP contribution in [0, 0.1) is 0 Å². The number of rotatable bonds is 2. The van der Waals surface area contributed by atoms with Crippen molar-refractivity contribution in [3.63, 3.8) is 0 Å². The Morgan fingerprint density at radius 1 is 1.12 bits per heavy atom. The molecule has 1 saturated heterocycles. The summed E-state index contributed by atoms with van der Waals surface area (Å²) in [6.07, 6.45) is 0. The van der Waals surface area contributed by atoms with Crippen molar-refractivity contribution in [2.24, 2.45) is 7.05 Å². The number of carbonyl (C=O) groups excluding carboxylic acids is 1. The maximum absolute atomic E-state index is 13.0. The van der Waals surface area contributed by atoms with E-state index in [0.29, 0.717) is 42.0 Å². The summed E-state index contributed by atoms with van der Waals surface area (Å²) in [5.74, 6) is -0.0300. The number of fused-ring (bicyclic) bond motifs is 1. The number of carbonyl (C=O) groups is 1. The molecule has 0 radical (unpaired) electrons. The molecular formula is C19H17Cl2N3O2. The van der Waals surface area contributed by atoms with Gasteiger partial charge in [-0.1, -0.05) is 47.5 Å². The molecule has 0 N–H and O–H groups in total. The summed E-state index contributed by atoms with van der Waals surface area (Å²) in [6, 6.07) is 11.2. The molecule has 2 heterocycles. The highest BCUT2D eigenvalue weighted by atomic mass is 35.5. The average molecular weight is 390 g/mol. The summed E-state index contributed by atoms with van der Waals surface area (Å²) in [5.41, 5.74) is 3.04. The molecule has 0 spiro atoms. The van der Waals surface area contributed by atoms with Gasteiger partial charge in [0.25, 0.3) is 5.91 Å². The number of hydrogen-bond donors (Lipinski definition) is 0. The second-order valence-corrected chi connectivity index (χ2v) is 7.05. The molecule has 0 unspecified atom stereocenters. The van der Waals surface area contributed by atoms with Crippen molar-refractivity contribution in [3.8, 4) is 11.1 Å². The van der Waals surface area contributed by atoms with Gasteiger partial charge in [0.2, 0.25) is 0 Å². The van der Waals surface area contributed by atoms with Crippen LogP contribution < -0.4 is 0 Å². The zero-order valence-corrected chi connectivity index (χ0v) is 15.7. The van der Waals surface area contributed by atoms with E-state index >= 15 is 0 Å². The van der Waals surface area contributed by atoms with Crippen molar-refractivity contribution in [1.29, 1.82) is 0 Å². The molecule has 0 aliphatic carbocycles. The summed E-state index contributed by atoms with van der Waals surface area (Å²) in [6.45, 7) is 2.31. The fourth-order valence-electron chi connectivity index (χ4n) is 3.31. The van der Waals surface area contributed by atoms with Crippen LogP contribution in [0.3, 0.4) is 0 Å². The summed E-state index contributed by atoms with van der Waals surface area (Å²) in [4.78, 5) is 14.8. The van der Waals surface area contributed by atoms with Crippen LogP contribution in [0.15, 0.2) is 36.4 Å². The van der Waals surface area contributed by atoms with E-state index in [1.807, 2.05) is 29.2 Å². The number of benzene rings is 2. The Kier molecular flexibility index (Phi) is 4.61. The lowest BCUT2D eigenvalue weighted by Crippen LogP contribution is -2.41. The fourth-order valence-corrected chi connectivity index (χ4v) is 3.82. The molecule has 3 aromatic rings. The van der Waals surface area contributed by atoms with Crippen LogP contribution in [0.1, 0.15) is 10.5 Å². The standard InChI is InChI=1S/C19H17Cl2N3O2/c1-23-18(19(25)24-7-9-26-10-8-24)15-4-2-3-14(17(15)22-23)13-6-5-12(20)11-16(13)21/h2-6,11H,7-10H2,1H3. The van der Waals surface area contributed by atoms with Gasteiger partial charge in [0.15, 0.2) is 0 Å². The molecule has 1 amide bonds. The smallest absolute Gasteiger partial charge is 0.272 e. The third kappa shape index (κ3) is 2.96. The Morgan fingerprint density at radius 2 is 1.88 bits per heavy atom. The second-order valence-electron chi connectivity index (χ2n) is 6.20. The van der Waals surface area contributed by atoms with E-state index in [2.05, 4.69) is 5.10 Å². The molecular weight excluding hydrogens is 373 g/mol. The summed E-state index contributed by atoms with van der Waals surface area (Å²) in [5, 5.41) is 6.56. The molecule has 2 aromatic carbocycles. The van der Waals surface area contributed by atoms with Crippen LogP contribution in [-0.4, -0.2) is 46.9 Å². The van der Waals surface area contributed by atoms with E-state index in [-0.39, 0.29) is 5.91 Å². The highest BCUT2D eigenvalue weighted by Gasteiger charge is 2.25. The highest BCUT2D eigenvalue weighted by Crippen LogP contribution is 2.35. The molecule has 0 saturated carbocycles. The predicted molar refractivity (Wildman–Crippen MR) is 103 cm³/mol. The minimum atomic E-state index is -0.0300. The number of amides is 1. The lowest BCUT2D eigenvalue weighted by Gasteiger charge is -2.26. The predicted octanol–water partition coefficient (Wildman–Crippen LogP) is 4.02. The van der Waals surface area contributed by atoms with Crippen molar-refractivity contribution in [3.05, 3.63) is 52.1 Å². The monoisotopic (exact) mass is 389 g/mol. The van der Waals surface area contributed by atoms with Gasteiger partial charge in [-0.2, -0.15) is 5.10 Å². The maximum Gasteiger partial charge on any atom is 0.272 e. The Labute approximate surface area is 161 Å². The Morgan fingerprint density at radius 3 is 2.62 bits per heavy atom. The van der Waals surface area contributed by atoms with Gasteiger partial charge < -0.3 is 9.64 Å². The minimum absolute atomic E-state index is 0.0300. The Bertz CT molecular complexity index is 994. The summed E-state index contributed by atoms with van der Waals surface area (Å²) in [7, 11) is 1.79. The lowest BCUT2D eigenvalue weighted by molar-refractivity contribution is 0.0297. The highest BCUT2D eigenvalue weighted by molar-refractivity contribution is 6.36. The molecule has 5 nitrogen and oxygen atoms in total. The van der Waals surface area contributed by atoms with Gasteiger partial charge in [-0.05, 0) is 12.1 Å². The number of nitrogens with zero attached hydrogens (tertiary/aromatic N) is 3. The van der Waals surface area contributed by atoms with Crippen LogP contribution in [0.2, 0.25) is 10.0 Å². The van der Waals surface area contributed by atoms with Crippen LogP contribution in [0.5, 0.6) is 0 Å². The van der Waals surface area contributed by atoms with E-state index < -0.39 is 0 Å². The molecule has 1 fully saturated rings. The van der Waals surface area contributed by atoms with E-state index in [9.17, 15) is 4.79 Å². The lowest BCUT2D eigenvalue weighted by atomic mass is 10.0. The van der Waals surface area contributed by atoms with Crippen molar-refractivity contribution in [2.45, 2.75) is 0 Å². The summed E-state index contributed by atoms with van der Waals surface area (Å²) >= 11 is 12.4. The molecule has 134 valence electrons. The number of halogens is 2. The van der Waals surface area contributed by atoms with Gasteiger partial charge in [-0.3, -0.25) is 9.48 Å². The number of ether oxygens (including phenoxy) is 1. The molecule has 1 aromatic heterocycles. The first-order valence-corrected chi connectivity index (χ1v) is 9.10. The van der Waals surface area contributed by atoms with Gasteiger partial charge in [0.05, 0.1) is 13.2 Å². The van der Waals surface area contributed by atoms with Crippen LogP contribution in [-0.2, 0) is 11.8 Å². The zero-order valence-electron chi connectivity index (χ0n) is 14.2. The second kappa shape index (κ2) is 6.91.